The first-order valence-electron chi connectivity index (χ1n) is 24.1. The Balaban J connectivity index is 0.766. The zero-order chi connectivity index (χ0) is 51.1. The van der Waals surface area contributed by atoms with Crippen LogP contribution in [0.1, 0.15) is 73.6 Å². The van der Waals surface area contributed by atoms with Crippen molar-refractivity contribution in [3.05, 3.63) is 70.2 Å². The Morgan fingerprint density at radius 3 is 1.44 bits per heavy atom. The van der Waals surface area contributed by atoms with E-state index >= 15 is 0 Å². The van der Waals surface area contributed by atoms with Gasteiger partial charge in [-0.25, -0.2) is 19.2 Å². The third-order valence-corrected chi connectivity index (χ3v) is 16.5. The van der Waals surface area contributed by atoms with E-state index in [1.54, 1.807) is 24.3 Å². The van der Waals surface area contributed by atoms with Crippen molar-refractivity contribution in [3.63, 3.8) is 0 Å². The number of carboxylic acid groups (broad SMARTS) is 2. The van der Waals surface area contributed by atoms with E-state index in [1.807, 2.05) is 26.2 Å². The molecule has 8 aliphatic rings. The first-order chi connectivity index (χ1) is 34.4. The molecular formula is C50H58N4O18. The average molecular weight is 1000 g/mol. The summed E-state index contributed by atoms with van der Waals surface area (Å²) in [5.41, 5.74) is -0.992. The van der Waals surface area contributed by atoms with Gasteiger partial charge in [-0.1, -0.05) is 12.1 Å². The van der Waals surface area contributed by atoms with Gasteiger partial charge < -0.3 is 78.8 Å². The zero-order valence-corrected chi connectivity index (χ0v) is 40.2. The number of hydrogen-bond acceptors (Lipinski definition) is 18. The van der Waals surface area contributed by atoms with Crippen molar-refractivity contribution in [2.75, 3.05) is 54.6 Å². The lowest BCUT2D eigenvalue weighted by Crippen LogP contribution is -2.74. The Morgan fingerprint density at radius 1 is 0.667 bits per heavy atom. The van der Waals surface area contributed by atoms with Crippen molar-refractivity contribution < 1.29 is 87.1 Å². The SMILES string of the molecule is COc1ccc2c3c1O[C@H]1C(OC(=O)C(CCC(=O)O)NC(=O)OCCOC(=O)NC(CCC(=O)O)C(=O)OC4=CC[C@@]5(O)[C@@H]6Cc7ccc(OC)c8c7[C@@]5(CCN6C)[C@H]4O8)=CC[C@@]4(O)[C@H](C2)N(C)CC[C@]314. The lowest BCUT2D eigenvalue weighted by molar-refractivity contribution is -0.170. The van der Waals surface area contributed by atoms with Gasteiger partial charge in [0, 0.05) is 48.9 Å². The molecule has 2 aromatic carbocycles. The molecule has 0 radical (unpaired) electrons. The number of ether oxygens (including phenoxy) is 8. The number of likely N-dealkylation sites (tertiary alicyclic amines) is 2. The highest BCUT2D eigenvalue weighted by Crippen LogP contribution is 2.67. The number of alkyl carbamates (subject to hydrolysis) is 2. The van der Waals surface area contributed by atoms with E-state index in [1.165, 1.54) is 14.2 Å². The van der Waals surface area contributed by atoms with Crippen LogP contribution >= 0.6 is 0 Å². The Bertz CT molecular complexity index is 2510. The summed E-state index contributed by atoms with van der Waals surface area (Å²) in [7, 11) is 6.93. The number of amides is 2. The maximum atomic E-state index is 13.9. The number of piperidine rings is 2. The molecule has 2 unspecified atom stereocenters. The van der Waals surface area contributed by atoms with Crippen LogP contribution in [0.3, 0.4) is 0 Å². The van der Waals surface area contributed by atoms with Crippen molar-refractivity contribution in [3.8, 4) is 23.0 Å². The van der Waals surface area contributed by atoms with Crippen LogP contribution in [0.25, 0.3) is 0 Å². The molecule has 22 nitrogen and oxygen atoms in total. The van der Waals surface area contributed by atoms with E-state index in [9.17, 15) is 49.2 Å². The molecule has 386 valence electrons. The van der Waals surface area contributed by atoms with Gasteiger partial charge in [-0.2, -0.15) is 0 Å². The number of methoxy groups -OCH3 is 2. The molecule has 2 fully saturated rings. The van der Waals surface area contributed by atoms with Crippen LogP contribution in [0.5, 0.6) is 23.0 Å². The number of hydrogen-bond donors (Lipinski definition) is 6. The van der Waals surface area contributed by atoms with Gasteiger partial charge >= 0.3 is 36.1 Å². The first-order valence-corrected chi connectivity index (χ1v) is 24.1. The highest BCUT2D eigenvalue weighted by atomic mass is 16.6. The summed E-state index contributed by atoms with van der Waals surface area (Å²) in [4.78, 5) is 81.5. The van der Waals surface area contributed by atoms with Gasteiger partial charge in [0.15, 0.2) is 35.2 Å². The van der Waals surface area contributed by atoms with Gasteiger partial charge in [-0.3, -0.25) is 9.59 Å². The normalized spacial score (nSPS) is 30.5. The Kier molecular flexibility index (Phi) is 12.3. The van der Waals surface area contributed by atoms with E-state index < -0.39 is 108 Å². The molecule has 2 saturated heterocycles. The second-order valence-corrected chi connectivity index (χ2v) is 19.9. The summed E-state index contributed by atoms with van der Waals surface area (Å²) >= 11 is 0. The molecule has 22 heteroatoms. The fourth-order valence-corrected chi connectivity index (χ4v) is 13.2. The molecule has 2 aromatic rings. The number of carbonyl (C=O) groups is 6. The number of carbonyl (C=O) groups excluding carboxylic acids is 4. The Labute approximate surface area is 413 Å². The standard InChI is InChI=1S/C50H58N4O18/c1-53-19-17-47-37-25-5-9-29(65-3)39(37)71-41(47)31(13-15-49(47,63)33(53)23-25)69-43(59)27(7-11-35(55)56)51-45(61)67-21-22-68-46(62)52-28(8-12-36(57)58)44(60)70-32-14-16-50(64)34-24-26-6-10-30(66-4)40-38(26)48(50,42(32)72-40)18-20-54(34)2/h5-6,9-10,13-14,27-28,33-34,41-42,63-64H,7-8,11-12,15-24H2,1-4H3,(H,51,61)(H,52,62)(H,55,56)(H,57,58)/t27?,28?,33-,34-,41-,42-,47-,48-,49+,50+/m0/s1. The molecule has 0 aromatic heterocycles. The largest absolute Gasteiger partial charge is 0.493 e. The van der Waals surface area contributed by atoms with Gasteiger partial charge in [0.05, 0.1) is 36.3 Å². The second-order valence-electron chi connectivity index (χ2n) is 19.9. The molecule has 6 N–H and O–H groups in total. The van der Waals surface area contributed by atoms with Crippen molar-refractivity contribution in [2.24, 2.45) is 0 Å². The zero-order valence-electron chi connectivity index (χ0n) is 40.2. The van der Waals surface area contributed by atoms with E-state index in [-0.39, 0.29) is 49.3 Å². The minimum Gasteiger partial charge on any atom is -0.493 e. The van der Waals surface area contributed by atoms with Crippen molar-refractivity contribution in [2.45, 2.75) is 123 Å². The number of carboxylic acids is 2. The quantitative estimate of drug-likeness (QED) is 0.0750. The van der Waals surface area contributed by atoms with Crippen LogP contribution in [0, 0.1) is 0 Å². The molecule has 4 heterocycles. The third kappa shape index (κ3) is 7.41. The number of aliphatic carboxylic acids is 2. The monoisotopic (exact) mass is 1000 g/mol. The lowest BCUT2D eigenvalue weighted by Gasteiger charge is -2.61. The summed E-state index contributed by atoms with van der Waals surface area (Å²) < 4.78 is 46.6. The maximum absolute atomic E-state index is 13.9. The van der Waals surface area contributed by atoms with E-state index in [4.69, 9.17) is 37.9 Å². The average Bonchev–Trinajstić information content (AvgIpc) is 3.89. The molecule has 2 amide bonds. The minimum absolute atomic E-state index is 0.0956. The molecule has 4 bridgehead atoms. The summed E-state index contributed by atoms with van der Waals surface area (Å²) in [6.07, 6.45) is -0.598. The molecule has 10 rings (SSSR count). The number of aliphatic hydroxyl groups is 2. The third-order valence-electron chi connectivity index (χ3n) is 16.5. The number of rotatable bonds is 17. The summed E-state index contributed by atoms with van der Waals surface area (Å²) in [5.74, 6) is -2.51. The minimum atomic E-state index is -1.52. The van der Waals surface area contributed by atoms with E-state index in [0.29, 0.717) is 61.8 Å². The second kappa shape index (κ2) is 18.1. The van der Waals surface area contributed by atoms with Crippen LogP contribution < -0.4 is 29.6 Å². The lowest BCUT2D eigenvalue weighted by atomic mass is 9.50. The fourth-order valence-electron chi connectivity index (χ4n) is 13.2. The van der Waals surface area contributed by atoms with Crippen LogP contribution in [-0.4, -0.2) is 168 Å². The number of likely N-dealkylation sites (N-methyl/N-ethyl adjacent to an activating group) is 2. The maximum Gasteiger partial charge on any atom is 0.407 e. The number of nitrogens with one attached hydrogen (secondary N) is 2. The summed E-state index contributed by atoms with van der Waals surface area (Å²) in [5, 5.41) is 48.7. The van der Waals surface area contributed by atoms with Crippen LogP contribution in [-0.2, 0) is 61.8 Å². The van der Waals surface area contributed by atoms with E-state index in [2.05, 4.69) is 20.4 Å². The molecular weight excluding hydrogens is 945 g/mol. The molecule has 2 spiro atoms. The van der Waals surface area contributed by atoms with Gasteiger partial charge in [0.2, 0.25) is 0 Å². The summed E-state index contributed by atoms with van der Waals surface area (Å²) in [6, 6.07) is 3.94. The Hall–Kier alpha value is -6.62. The van der Waals surface area contributed by atoms with Gasteiger partial charge in [0.1, 0.15) is 36.8 Å². The van der Waals surface area contributed by atoms with Crippen LogP contribution in [0.15, 0.2) is 47.9 Å². The first kappa shape index (κ1) is 49.0. The fraction of sp³-hybridized carbons (Fsp3) is 0.560. The number of nitrogens with zero attached hydrogens (tertiary/aromatic N) is 2. The highest BCUT2D eigenvalue weighted by molar-refractivity contribution is 5.84. The summed E-state index contributed by atoms with van der Waals surface area (Å²) in [6.45, 7) is 0.110. The Morgan fingerprint density at radius 2 is 1.07 bits per heavy atom. The number of esters is 2. The smallest absolute Gasteiger partial charge is 0.407 e. The predicted molar refractivity (Wildman–Crippen MR) is 245 cm³/mol. The van der Waals surface area contributed by atoms with Gasteiger partial charge in [0.25, 0.3) is 0 Å². The molecule has 72 heavy (non-hydrogen) atoms. The van der Waals surface area contributed by atoms with Crippen molar-refractivity contribution in [1.82, 2.24) is 20.4 Å². The van der Waals surface area contributed by atoms with Gasteiger partial charge in [-0.15, -0.1) is 0 Å². The molecule has 4 aliphatic carbocycles. The topological polar surface area (TPSA) is 288 Å². The predicted octanol–water partition coefficient (Wildman–Crippen LogP) is 1.97. The van der Waals surface area contributed by atoms with Crippen molar-refractivity contribution in [1.29, 1.82) is 0 Å². The van der Waals surface area contributed by atoms with Crippen molar-refractivity contribution >= 4 is 36.1 Å². The van der Waals surface area contributed by atoms with Crippen LogP contribution in [0.4, 0.5) is 9.59 Å². The highest BCUT2D eigenvalue weighted by Gasteiger charge is 2.73. The number of benzene rings is 2. The van der Waals surface area contributed by atoms with E-state index in [0.717, 1.165) is 22.3 Å². The molecule has 10 atom stereocenters. The molecule has 4 aliphatic heterocycles. The molecule has 0 saturated carbocycles. The van der Waals surface area contributed by atoms with Crippen LogP contribution in [0.2, 0.25) is 0 Å². The van der Waals surface area contributed by atoms with Gasteiger partial charge in [-0.05, 0) is 101 Å².